The fourth-order valence-corrected chi connectivity index (χ4v) is 4.89. The van der Waals surface area contributed by atoms with E-state index in [0.29, 0.717) is 32.6 Å². The summed E-state index contributed by atoms with van der Waals surface area (Å²) in [7, 11) is 0. The second-order valence-electron chi connectivity index (χ2n) is 8.87. The van der Waals surface area contributed by atoms with Crippen LogP contribution in [0.15, 0.2) is 48.5 Å². The van der Waals surface area contributed by atoms with Crippen molar-refractivity contribution in [2.24, 2.45) is 0 Å². The first-order chi connectivity index (χ1) is 15.4. The molecule has 1 spiro atoms. The largest absolute Gasteiger partial charge is 0.361 e. The van der Waals surface area contributed by atoms with Crippen LogP contribution in [0, 0.1) is 12.7 Å². The van der Waals surface area contributed by atoms with Crippen molar-refractivity contribution in [3.05, 3.63) is 71.2 Å². The molecule has 1 aromatic heterocycles. The summed E-state index contributed by atoms with van der Waals surface area (Å²) >= 11 is 0. The number of H-pyrrole nitrogens is 1. The zero-order chi connectivity index (χ0) is 22.3. The van der Waals surface area contributed by atoms with Crippen molar-refractivity contribution in [2.75, 3.05) is 26.2 Å². The molecule has 1 N–H and O–H groups in total. The first-order valence-corrected chi connectivity index (χ1v) is 10.9. The van der Waals surface area contributed by atoms with Gasteiger partial charge in [-0.2, -0.15) is 0 Å². The number of morpholine rings is 1. The Morgan fingerprint density at radius 1 is 1.19 bits per heavy atom. The maximum Gasteiger partial charge on any atom is 0.249 e. The van der Waals surface area contributed by atoms with Crippen LogP contribution in [0.2, 0.25) is 0 Å². The molecule has 7 heteroatoms. The Kier molecular flexibility index (Phi) is 5.21. The Balaban J connectivity index is 1.29. The number of ether oxygens (including phenoxy) is 1. The Morgan fingerprint density at radius 3 is 2.81 bits per heavy atom. The summed E-state index contributed by atoms with van der Waals surface area (Å²) in [4.78, 5) is 32.5. The van der Waals surface area contributed by atoms with Gasteiger partial charge in [0.2, 0.25) is 11.8 Å². The summed E-state index contributed by atoms with van der Waals surface area (Å²) in [5.41, 5.74) is 3.08. The maximum absolute atomic E-state index is 13.8. The zero-order valence-electron chi connectivity index (χ0n) is 18.1. The van der Waals surface area contributed by atoms with Crippen LogP contribution in [-0.4, -0.2) is 58.4 Å². The molecular weight excluding hydrogens is 409 g/mol. The van der Waals surface area contributed by atoms with Gasteiger partial charge in [-0.1, -0.05) is 30.3 Å². The number of hydrogen-bond donors (Lipinski definition) is 1. The van der Waals surface area contributed by atoms with Crippen molar-refractivity contribution >= 4 is 22.7 Å². The standard InChI is InChI=1S/C25H26FN3O3/c1-17-20(21-11-19(26)7-8-22(21)27-17)12-23(30)28-10-9-25(15-28)16-29(24(31)14-32-25)13-18-5-3-2-4-6-18/h2-8,11,27H,9-10,12-16H2,1H3/t25-/m1/s1. The molecule has 0 saturated carbocycles. The third-order valence-electron chi connectivity index (χ3n) is 6.63. The number of carbonyl (C=O) groups is 2. The summed E-state index contributed by atoms with van der Waals surface area (Å²) in [5.74, 6) is -0.352. The lowest BCUT2D eigenvalue weighted by Crippen LogP contribution is -2.55. The van der Waals surface area contributed by atoms with E-state index in [2.05, 4.69) is 4.98 Å². The van der Waals surface area contributed by atoms with Crippen LogP contribution in [-0.2, 0) is 27.3 Å². The van der Waals surface area contributed by atoms with Crippen LogP contribution < -0.4 is 0 Å². The highest BCUT2D eigenvalue weighted by atomic mass is 19.1. The molecule has 0 bridgehead atoms. The summed E-state index contributed by atoms with van der Waals surface area (Å²) in [5, 5.41) is 0.748. The molecule has 2 fully saturated rings. The van der Waals surface area contributed by atoms with Crippen LogP contribution in [0.3, 0.4) is 0 Å². The predicted molar refractivity (Wildman–Crippen MR) is 118 cm³/mol. The number of benzene rings is 2. The molecule has 2 amide bonds. The van der Waals surface area contributed by atoms with Gasteiger partial charge in [0.15, 0.2) is 0 Å². The number of hydrogen-bond acceptors (Lipinski definition) is 3. The van der Waals surface area contributed by atoms with Crippen LogP contribution in [0.5, 0.6) is 0 Å². The lowest BCUT2D eigenvalue weighted by Gasteiger charge is -2.40. The smallest absolute Gasteiger partial charge is 0.249 e. The number of aryl methyl sites for hydroxylation is 1. The lowest BCUT2D eigenvalue weighted by atomic mass is 10.00. The number of nitrogens with one attached hydrogen (secondary N) is 1. The molecule has 5 rings (SSSR count). The van der Waals surface area contributed by atoms with Crippen molar-refractivity contribution < 1.29 is 18.7 Å². The molecule has 3 aromatic rings. The highest BCUT2D eigenvalue weighted by molar-refractivity contribution is 5.90. The van der Waals surface area contributed by atoms with Gasteiger partial charge in [0, 0.05) is 29.7 Å². The minimum atomic E-state index is -0.528. The molecule has 0 aliphatic carbocycles. The van der Waals surface area contributed by atoms with E-state index in [9.17, 15) is 14.0 Å². The molecule has 0 unspecified atom stereocenters. The number of nitrogens with zero attached hydrogens (tertiary/aromatic N) is 2. The molecule has 0 radical (unpaired) electrons. The van der Waals surface area contributed by atoms with E-state index >= 15 is 0 Å². The van der Waals surface area contributed by atoms with E-state index in [-0.39, 0.29) is 30.7 Å². The summed E-state index contributed by atoms with van der Waals surface area (Å²) in [6.07, 6.45) is 0.900. The van der Waals surface area contributed by atoms with Gasteiger partial charge < -0.3 is 19.5 Å². The van der Waals surface area contributed by atoms with Crippen LogP contribution in [0.25, 0.3) is 10.9 Å². The third-order valence-corrected chi connectivity index (χ3v) is 6.63. The number of amides is 2. The van der Waals surface area contributed by atoms with Crippen molar-refractivity contribution in [1.82, 2.24) is 14.8 Å². The number of likely N-dealkylation sites (tertiary alicyclic amines) is 1. The fraction of sp³-hybridized carbons (Fsp3) is 0.360. The first kappa shape index (κ1) is 20.7. The van der Waals surface area contributed by atoms with E-state index in [4.69, 9.17) is 4.74 Å². The molecular formula is C25H26FN3O3. The highest BCUT2D eigenvalue weighted by Gasteiger charge is 2.46. The minimum absolute atomic E-state index is 0.00903. The topological polar surface area (TPSA) is 65.6 Å². The predicted octanol–water partition coefficient (Wildman–Crippen LogP) is 3.19. The Bertz CT molecular complexity index is 1180. The highest BCUT2D eigenvalue weighted by Crippen LogP contribution is 2.32. The first-order valence-electron chi connectivity index (χ1n) is 10.9. The van der Waals surface area contributed by atoms with Gasteiger partial charge in [-0.05, 0) is 42.7 Å². The third kappa shape index (κ3) is 3.88. The molecule has 2 aliphatic rings. The molecule has 6 nitrogen and oxygen atoms in total. The van der Waals surface area contributed by atoms with E-state index in [0.717, 1.165) is 27.7 Å². The Hall–Kier alpha value is -3.19. The second kappa shape index (κ2) is 8.06. The summed E-state index contributed by atoms with van der Waals surface area (Å²) in [6.45, 7) is 4.00. The average molecular weight is 435 g/mol. The molecule has 3 heterocycles. The lowest BCUT2D eigenvalue weighted by molar-refractivity contribution is -0.163. The number of rotatable bonds is 4. The van der Waals surface area contributed by atoms with Crippen LogP contribution >= 0.6 is 0 Å². The van der Waals surface area contributed by atoms with Crippen molar-refractivity contribution in [1.29, 1.82) is 0 Å². The van der Waals surface area contributed by atoms with Crippen molar-refractivity contribution in [3.8, 4) is 0 Å². The van der Waals surface area contributed by atoms with Gasteiger partial charge in [0.25, 0.3) is 0 Å². The minimum Gasteiger partial charge on any atom is -0.361 e. The molecule has 1 atom stereocenters. The second-order valence-corrected chi connectivity index (χ2v) is 8.87. The number of aromatic amines is 1. The normalized spacial score (nSPS) is 21.1. The van der Waals surface area contributed by atoms with Crippen molar-refractivity contribution in [3.63, 3.8) is 0 Å². The van der Waals surface area contributed by atoms with Gasteiger partial charge in [-0.15, -0.1) is 0 Å². The van der Waals surface area contributed by atoms with Gasteiger partial charge in [-0.25, -0.2) is 4.39 Å². The zero-order valence-corrected chi connectivity index (χ0v) is 18.1. The van der Waals surface area contributed by atoms with Crippen LogP contribution in [0.1, 0.15) is 23.2 Å². The number of halogens is 1. The quantitative estimate of drug-likeness (QED) is 0.685. The van der Waals surface area contributed by atoms with E-state index < -0.39 is 5.60 Å². The Morgan fingerprint density at radius 2 is 2.00 bits per heavy atom. The van der Waals surface area contributed by atoms with Crippen molar-refractivity contribution in [2.45, 2.75) is 31.9 Å². The Labute approximate surface area is 186 Å². The number of carbonyl (C=O) groups excluding carboxylic acids is 2. The fourth-order valence-electron chi connectivity index (χ4n) is 4.89. The van der Waals surface area contributed by atoms with Crippen LogP contribution in [0.4, 0.5) is 4.39 Å². The monoisotopic (exact) mass is 435 g/mol. The summed E-state index contributed by atoms with van der Waals surface area (Å²) in [6, 6.07) is 14.5. The van der Waals surface area contributed by atoms with E-state index in [1.165, 1.54) is 12.1 Å². The van der Waals surface area contributed by atoms with E-state index in [1.54, 1.807) is 6.07 Å². The molecule has 2 aliphatic heterocycles. The van der Waals surface area contributed by atoms with Gasteiger partial charge >= 0.3 is 0 Å². The van der Waals surface area contributed by atoms with E-state index in [1.807, 2.05) is 47.1 Å². The van der Waals surface area contributed by atoms with Gasteiger partial charge in [0.1, 0.15) is 18.0 Å². The van der Waals surface area contributed by atoms with Gasteiger partial charge in [-0.3, -0.25) is 9.59 Å². The molecule has 166 valence electrons. The molecule has 32 heavy (non-hydrogen) atoms. The SMILES string of the molecule is Cc1[nH]c2ccc(F)cc2c1CC(=O)N1CC[C@@]2(C1)CN(Cc1ccccc1)C(=O)CO2. The molecule has 2 saturated heterocycles. The summed E-state index contributed by atoms with van der Waals surface area (Å²) < 4.78 is 19.8. The number of aromatic nitrogens is 1. The number of fused-ring (bicyclic) bond motifs is 1. The average Bonchev–Trinajstić information content (AvgIpc) is 3.33. The maximum atomic E-state index is 13.8. The van der Waals surface area contributed by atoms with Gasteiger partial charge in [0.05, 0.1) is 19.5 Å². The molecule has 2 aromatic carbocycles.